The SMILES string of the molecule is CCC(C)(CC)c1ccc(-c2cc(-c3ccc(Nc4cccc(-c5ccc6c(c5)CC6)c4)cc3)cc(-c3cccc(-c4ccccc4)c3)c2)cc1. The first-order chi connectivity index (χ1) is 25.0. The molecule has 51 heavy (non-hydrogen) atoms. The van der Waals surface area contributed by atoms with Crippen molar-refractivity contribution >= 4 is 11.4 Å². The molecule has 0 spiro atoms. The topological polar surface area (TPSA) is 12.0 Å². The molecule has 0 amide bonds. The van der Waals surface area contributed by atoms with Gasteiger partial charge in [0.25, 0.3) is 0 Å². The summed E-state index contributed by atoms with van der Waals surface area (Å²) >= 11 is 0. The van der Waals surface area contributed by atoms with E-state index in [1.807, 2.05) is 0 Å². The molecule has 0 aromatic heterocycles. The molecule has 0 radical (unpaired) electrons. The van der Waals surface area contributed by atoms with E-state index in [2.05, 4.69) is 190 Å². The van der Waals surface area contributed by atoms with Crippen molar-refractivity contribution in [2.24, 2.45) is 0 Å². The van der Waals surface area contributed by atoms with Gasteiger partial charge >= 0.3 is 0 Å². The number of nitrogens with one attached hydrogen (secondary N) is 1. The summed E-state index contributed by atoms with van der Waals surface area (Å²) in [6, 6.07) is 60.4. The van der Waals surface area contributed by atoms with E-state index in [1.54, 1.807) is 0 Å². The van der Waals surface area contributed by atoms with Gasteiger partial charge in [-0.2, -0.15) is 0 Å². The van der Waals surface area contributed by atoms with Crippen LogP contribution >= 0.6 is 0 Å². The fraction of sp³-hybridized carbons (Fsp3) is 0.160. The van der Waals surface area contributed by atoms with Gasteiger partial charge in [-0.25, -0.2) is 0 Å². The summed E-state index contributed by atoms with van der Waals surface area (Å²) in [5.74, 6) is 0. The van der Waals surface area contributed by atoms with Crippen LogP contribution in [0.1, 0.15) is 50.3 Å². The molecule has 0 fully saturated rings. The Labute approximate surface area is 303 Å². The Hall–Kier alpha value is -5.66. The number of hydrogen-bond acceptors (Lipinski definition) is 1. The van der Waals surface area contributed by atoms with Crippen molar-refractivity contribution in [2.75, 3.05) is 5.32 Å². The van der Waals surface area contributed by atoms with Gasteiger partial charge in [0.1, 0.15) is 0 Å². The van der Waals surface area contributed by atoms with Crippen molar-refractivity contribution in [1.82, 2.24) is 0 Å². The second-order valence-electron chi connectivity index (χ2n) is 14.4. The number of aryl methyl sites for hydroxylation is 2. The molecule has 0 heterocycles. The fourth-order valence-electron chi connectivity index (χ4n) is 7.42. The van der Waals surface area contributed by atoms with Gasteiger partial charge in [-0.05, 0) is 152 Å². The molecular weight excluding hydrogens is 615 g/mol. The maximum absolute atomic E-state index is 3.66. The molecule has 8 rings (SSSR count). The number of anilines is 2. The molecule has 1 N–H and O–H groups in total. The zero-order valence-corrected chi connectivity index (χ0v) is 29.9. The highest BCUT2D eigenvalue weighted by atomic mass is 14.9. The number of benzene rings is 7. The zero-order valence-electron chi connectivity index (χ0n) is 29.9. The second-order valence-corrected chi connectivity index (χ2v) is 14.4. The van der Waals surface area contributed by atoms with E-state index in [1.165, 1.54) is 85.2 Å². The third-order valence-electron chi connectivity index (χ3n) is 11.3. The van der Waals surface area contributed by atoms with Crippen molar-refractivity contribution in [2.45, 2.75) is 51.9 Å². The fourth-order valence-corrected chi connectivity index (χ4v) is 7.42. The van der Waals surface area contributed by atoms with Crippen LogP contribution in [-0.2, 0) is 18.3 Å². The summed E-state index contributed by atoms with van der Waals surface area (Å²) in [6.45, 7) is 6.97. The molecule has 0 saturated heterocycles. The average molecular weight is 660 g/mol. The number of hydrogen-bond donors (Lipinski definition) is 1. The lowest BCUT2D eigenvalue weighted by Gasteiger charge is -2.27. The zero-order chi connectivity index (χ0) is 34.8. The predicted molar refractivity (Wildman–Crippen MR) is 219 cm³/mol. The average Bonchev–Trinajstić information content (AvgIpc) is 3.19. The Bertz CT molecular complexity index is 2290. The van der Waals surface area contributed by atoms with Crippen LogP contribution in [0, 0.1) is 0 Å². The Morgan fingerprint density at radius 1 is 0.392 bits per heavy atom. The molecule has 1 aliphatic rings. The van der Waals surface area contributed by atoms with Crippen molar-refractivity contribution < 1.29 is 0 Å². The normalized spacial score (nSPS) is 12.2. The highest BCUT2D eigenvalue weighted by Gasteiger charge is 2.22. The standard InChI is InChI=1S/C50H45N/c1-4-50(3,5-2)47-25-21-37(22-26-47)44-31-45(33-46(32-44)40-14-9-13-39(29-40)35-11-7-6-8-12-35)38-23-27-48(28-24-38)51-49-16-10-15-41(34-49)43-20-18-36-17-19-42(36)30-43/h6-16,18,20-34,51H,4-5,17,19H2,1-3H3. The van der Waals surface area contributed by atoms with Gasteiger partial charge in [0.05, 0.1) is 0 Å². The Morgan fingerprint density at radius 2 is 0.863 bits per heavy atom. The molecule has 0 atom stereocenters. The van der Waals surface area contributed by atoms with Crippen LogP contribution in [0.4, 0.5) is 11.4 Å². The van der Waals surface area contributed by atoms with Crippen LogP contribution in [0.2, 0.25) is 0 Å². The van der Waals surface area contributed by atoms with Crippen LogP contribution in [0.25, 0.3) is 55.6 Å². The first-order valence-corrected chi connectivity index (χ1v) is 18.5. The predicted octanol–water partition coefficient (Wildman–Crippen LogP) is 13.9. The van der Waals surface area contributed by atoms with E-state index in [-0.39, 0.29) is 5.41 Å². The molecule has 250 valence electrons. The van der Waals surface area contributed by atoms with E-state index < -0.39 is 0 Å². The van der Waals surface area contributed by atoms with Gasteiger partial charge < -0.3 is 5.32 Å². The molecule has 1 aliphatic carbocycles. The first-order valence-electron chi connectivity index (χ1n) is 18.5. The molecule has 0 saturated carbocycles. The lowest BCUT2D eigenvalue weighted by atomic mass is 9.77. The highest BCUT2D eigenvalue weighted by Crippen LogP contribution is 2.37. The van der Waals surface area contributed by atoms with Crippen molar-refractivity contribution in [3.05, 3.63) is 180 Å². The van der Waals surface area contributed by atoms with Crippen LogP contribution in [-0.4, -0.2) is 0 Å². The van der Waals surface area contributed by atoms with Gasteiger partial charge in [0.15, 0.2) is 0 Å². The highest BCUT2D eigenvalue weighted by molar-refractivity contribution is 5.83. The van der Waals surface area contributed by atoms with E-state index >= 15 is 0 Å². The van der Waals surface area contributed by atoms with Crippen LogP contribution in [0.15, 0.2) is 164 Å². The van der Waals surface area contributed by atoms with Gasteiger partial charge in [-0.15, -0.1) is 0 Å². The minimum Gasteiger partial charge on any atom is -0.356 e. The summed E-state index contributed by atoms with van der Waals surface area (Å²) in [4.78, 5) is 0. The summed E-state index contributed by atoms with van der Waals surface area (Å²) in [7, 11) is 0. The molecule has 7 aromatic carbocycles. The summed E-state index contributed by atoms with van der Waals surface area (Å²) in [6.07, 6.45) is 4.67. The van der Waals surface area contributed by atoms with Gasteiger partial charge in [0.2, 0.25) is 0 Å². The largest absolute Gasteiger partial charge is 0.356 e. The summed E-state index contributed by atoms with van der Waals surface area (Å²) < 4.78 is 0. The van der Waals surface area contributed by atoms with Crippen molar-refractivity contribution in [3.63, 3.8) is 0 Å². The van der Waals surface area contributed by atoms with E-state index in [9.17, 15) is 0 Å². The van der Waals surface area contributed by atoms with Crippen LogP contribution in [0.5, 0.6) is 0 Å². The number of rotatable bonds is 10. The Kier molecular flexibility index (Phi) is 8.88. The summed E-state index contributed by atoms with van der Waals surface area (Å²) in [5, 5.41) is 3.66. The van der Waals surface area contributed by atoms with Crippen molar-refractivity contribution in [3.8, 4) is 55.6 Å². The third kappa shape index (κ3) is 6.77. The molecule has 1 heteroatoms. The maximum atomic E-state index is 3.66. The summed E-state index contributed by atoms with van der Waals surface area (Å²) in [5.41, 5.74) is 19.0. The van der Waals surface area contributed by atoms with Gasteiger partial charge in [-0.3, -0.25) is 0 Å². The number of fused-ring (bicyclic) bond motifs is 1. The minimum atomic E-state index is 0.197. The van der Waals surface area contributed by atoms with E-state index in [0.717, 1.165) is 24.2 Å². The maximum Gasteiger partial charge on any atom is 0.0390 e. The molecule has 0 unspecified atom stereocenters. The molecule has 0 bridgehead atoms. The minimum absolute atomic E-state index is 0.197. The molecule has 1 nitrogen and oxygen atoms in total. The lowest BCUT2D eigenvalue weighted by molar-refractivity contribution is 0.439. The molecule has 7 aromatic rings. The Balaban J connectivity index is 1.12. The van der Waals surface area contributed by atoms with Crippen LogP contribution in [0.3, 0.4) is 0 Å². The van der Waals surface area contributed by atoms with E-state index in [0.29, 0.717) is 0 Å². The van der Waals surface area contributed by atoms with Crippen LogP contribution < -0.4 is 5.32 Å². The van der Waals surface area contributed by atoms with Crippen molar-refractivity contribution in [1.29, 1.82) is 0 Å². The third-order valence-corrected chi connectivity index (χ3v) is 11.3. The molecule has 0 aliphatic heterocycles. The monoisotopic (exact) mass is 659 g/mol. The molecular formula is C50H45N. The van der Waals surface area contributed by atoms with E-state index in [4.69, 9.17) is 0 Å². The van der Waals surface area contributed by atoms with Gasteiger partial charge in [0, 0.05) is 11.4 Å². The Morgan fingerprint density at radius 3 is 1.47 bits per heavy atom. The second kappa shape index (κ2) is 13.9. The smallest absolute Gasteiger partial charge is 0.0390 e. The van der Waals surface area contributed by atoms with Gasteiger partial charge in [-0.1, -0.05) is 136 Å². The lowest BCUT2D eigenvalue weighted by Crippen LogP contribution is -2.19. The quantitative estimate of drug-likeness (QED) is 0.154. The first kappa shape index (κ1) is 32.5.